The Morgan fingerprint density at radius 1 is 1.21 bits per heavy atom. The third-order valence-electron chi connectivity index (χ3n) is 6.60. The predicted molar refractivity (Wildman–Crippen MR) is 126 cm³/mol. The molecule has 3 heterocycles. The molecule has 2 aliphatic heterocycles. The Kier molecular flexibility index (Phi) is 5.69. The number of ether oxygens (including phenoxy) is 1. The zero-order valence-electron chi connectivity index (χ0n) is 19.2. The summed E-state index contributed by atoms with van der Waals surface area (Å²) < 4.78 is 4.73. The molecule has 0 spiro atoms. The number of anilines is 1. The molecule has 0 radical (unpaired) electrons. The number of hydrogen-bond donors (Lipinski definition) is 2. The summed E-state index contributed by atoms with van der Waals surface area (Å²) in [4.78, 5) is 49.6. The average molecular weight is 462 g/mol. The summed E-state index contributed by atoms with van der Waals surface area (Å²) in [6, 6.07) is 12.5. The molecule has 2 aliphatic rings. The van der Waals surface area contributed by atoms with Gasteiger partial charge in [0.15, 0.2) is 0 Å². The van der Waals surface area contributed by atoms with Gasteiger partial charge in [0.25, 0.3) is 5.91 Å². The first-order valence-electron chi connectivity index (χ1n) is 11.4. The number of para-hydroxylation sites is 2. The number of nitrogens with zero attached hydrogens (tertiary/aromatic N) is 3. The summed E-state index contributed by atoms with van der Waals surface area (Å²) in [6.07, 6.45) is 1.70. The van der Waals surface area contributed by atoms with Gasteiger partial charge in [-0.15, -0.1) is 0 Å². The molecule has 34 heavy (non-hydrogen) atoms. The molecule has 9 heteroatoms. The second-order valence-electron chi connectivity index (χ2n) is 8.84. The number of amides is 2. The van der Waals surface area contributed by atoms with E-state index in [9.17, 15) is 14.4 Å². The van der Waals surface area contributed by atoms with Crippen molar-refractivity contribution in [2.24, 2.45) is 0 Å². The summed E-state index contributed by atoms with van der Waals surface area (Å²) in [5, 5.41) is 3.16. The van der Waals surface area contributed by atoms with Gasteiger partial charge in [-0.25, -0.2) is 4.98 Å². The van der Waals surface area contributed by atoms with Gasteiger partial charge in [0, 0.05) is 31.4 Å². The number of aromatic nitrogens is 2. The highest BCUT2D eigenvalue weighted by atomic mass is 16.5. The standard InChI is InChI=1S/C25H27N5O4/c1-29-14-16-12-15(9-10-17(16)26-20(25(29)33)13-22(31)34-2)24(32)30-11-5-8-21(30)23-27-18-6-3-4-7-19(18)28-23/h3-4,6-7,9-10,12,20-21,26H,5,8,11,13-14H2,1-2H3,(H,27,28)/t20-,21+/m0/s1. The molecule has 2 atom stereocenters. The van der Waals surface area contributed by atoms with Crippen LogP contribution in [-0.4, -0.2) is 64.3 Å². The van der Waals surface area contributed by atoms with Crippen molar-refractivity contribution >= 4 is 34.5 Å². The number of fused-ring (bicyclic) bond motifs is 2. The van der Waals surface area contributed by atoms with Crippen LogP contribution in [0.3, 0.4) is 0 Å². The molecule has 0 aliphatic carbocycles. The van der Waals surface area contributed by atoms with Gasteiger partial charge in [0.1, 0.15) is 11.9 Å². The van der Waals surface area contributed by atoms with Crippen LogP contribution in [0, 0.1) is 0 Å². The van der Waals surface area contributed by atoms with Gasteiger partial charge in [0.2, 0.25) is 5.91 Å². The van der Waals surface area contributed by atoms with E-state index in [1.165, 1.54) is 7.11 Å². The van der Waals surface area contributed by atoms with Crippen LogP contribution in [0.1, 0.15) is 47.1 Å². The molecular formula is C25H27N5O4. The highest BCUT2D eigenvalue weighted by Gasteiger charge is 2.34. The molecule has 2 N–H and O–H groups in total. The Morgan fingerprint density at radius 2 is 2.03 bits per heavy atom. The normalized spacial score (nSPS) is 20.1. The van der Waals surface area contributed by atoms with E-state index in [1.807, 2.05) is 41.3 Å². The van der Waals surface area contributed by atoms with Crippen molar-refractivity contribution in [2.75, 3.05) is 26.0 Å². The summed E-state index contributed by atoms with van der Waals surface area (Å²) in [6.45, 7) is 1.00. The van der Waals surface area contributed by atoms with Gasteiger partial charge in [0.05, 0.1) is 30.6 Å². The lowest BCUT2D eigenvalue weighted by molar-refractivity contribution is -0.143. The van der Waals surface area contributed by atoms with Crippen LogP contribution in [0.5, 0.6) is 0 Å². The second kappa shape index (κ2) is 8.81. The number of likely N-dealkylation sites (tertiary alicyclic amines) is 1. The van der Waals surface area contributed by atoms with E-state index in [2.05, 4.69) is 10.3 Å². The first-order valence-corrected chi connectivity index (χ1v) is 11.4. The largest absolute Gasteiger partial charge is 0.469 e. The number of benzene rings is 2. The highest BCUT2D eigenvalue weighted by Crippen LogP contribution is 2.33. The molecule has 3 aromatic rings. The van der Waals surface area contributed by atoms with Gasteiger partial charge in [-0.3, -0.25) is 14.4 Å². The Labute approximate surface area is 197 Å². The van der Waals surface area contributed by atoms with E-state index in [4.69, 9.17) is 9.72 Å². The van der Waals surface area contributed by atoms with Crippen molar-refractivity contribution in [1.82, 2.24) is 19.8 Å². The minimum Gasteiger partial charge on any atom is -0.469 e. The van der Waals surface area contributed by atoms with Crippen molar-refractivity contribution in [3.05, 3.63) is 59.4 Å². The predicted octanol–water partition coefficient (Wildman–Crippen LogP) is 2.86. The van der Waals surface area contributed by atoms with E-state index >= 15 is 0 Å². The molecule has 9 nitrogen and oxygen atoms in total. The molecule has 0 unspecified atom stereocenters. The summed E-state index contributed by atoms with van der Waals surface area (Å²) in [5.41, 5.74) is 3.98. The molecular weight excluding hydrogens is 434 g/mol. The number of hydrogen-bond acceptors (Lipinski definition) is 6. The minimum absolute atomic E-state index is 0.0601. The van der Waals surface area contributed by atoms with Crippen molar-refractivity contribution in [2.45, 2.75) is 37.9 Å². The van der Waals surface area contributed by atoms with Gasteiger partial charge in [-0.05, 0) is 48.7 Å². The van der Waals surface area contributed by atoms with E-state index in [0.717, 1.165) is 41.0 Å². The average Bonchev–Trinajstić information content (AvgIpc) is 3.48. The number of methoxy groups -OCH3 is 1. The molecule has 5 rings (SSSR count). The number of likely N-dealkylation sites (N-methyl/N-ethyl adjacent to an activating group) is 1. The van der Waals surface area contributed by atoms with Crippen LogP contribution >= 0.6 is 0 Å². The van der Waals surface area contributed by atoms with Crippen LogP contribution in [0.2, 0.25) is 0 Å². The monoisotopic (exact) mass is 461 g/mol. The van der Waals surface area contributed by atoms with E-state index in [1.54, 1.807) is 18.0 Å². The smallest absolute Gasteiger partial charge is 0.308 e. The van der Waals surface area contributed by atoms with Gasteiger partial charge in [-0.1, -0.05) is 12.1 Å². The number of imidazole rings is 1. The number of nitrogens with one attached hydrogen (secondary N) is 2. The summed E-state index contributed by atoms with van der Waals surface area (Å²) in [5.74, 6) is 0.0914. The zero-order valence-corrected chi connectivity index (χ0v) is 19.2. The van der Waals surface area contributed by atoms with Crippen LogP contribution in [0.4, 0.5) is 5.69 Å². The maximum absolute atomic E-state index is 13.5. The number of H-pyrrole nitrogens is 1. The van der Waals surface area contributed by atoms with Gasteiger partial charge < -0.3 is 24.8 Å². The molecule has 176 valence electrons. The summed E-state index contributed by atoms with van der Waals surface area (Å²) in [7, 11) is 2.99. The number of carbonyl (C=O) groups excluding carboxylic acids is 3. The van der Waals surface area contributed by atoms with Gasteiger partial charge >= 0.3 is 5.97 Å². The fourth-order valence-electron chi connectivity index (χ4n) is 4.83. The van der Waals surface area contributed by atoms with Gasteiger partial charge in [-0.2, -0.15) is 0 Å². The molecule has 1 fully saturated rings. The number of esters is 1. The molecule has 2 amide bonds. The fourth-order valence-corrected chi connectivity index (χ4v) is 4.83. The third-order valence-corrected chi connectivity index (χ3v) is 6.60. The first-order chi connectivity index (χ1) is 16.4. The minimum atomic E-state index is -0.712. The first kappa shape index (κ1) is 21.9. The lowest BCUT2D eigenvalue weighted by atomic mass is 10.1. The van der Waals surface area contributed by atoms with Crippen LogP contribution < -0.4 is 5.32 Å². The van der Waals surface area contributed by atoms with Crippen molar-refractivity contribution in [1.29, 1.82) is 0 Å². The van der Waals surface area contributed by atoms with Crippen molar-refractivity contribution in [3.8, 4) is 0 Å². The third kappa shape index (κ3) is 3.98. The van der Waals surface area contributed by atoms with Crippen LogP contribution in [0.25, 0.3) is 11.0 Å². The number of aromatic amines is 1. The zero-order chi connectivity index (χ0) is 23.8. The van der Waals surface area contributed by atoms with E-state index < -0.39 is 12.0 Å². The van der Waals surface area contributed by atoms with E-state index in [-0.39, 0.29) is 24.3 Å². The number of rotatable bonds is 4. The quantitative estimate of drug-likeness (QED) is 0.579. The molecule has 1 saturated heterocycles. The Bertz CT molecular complexity index is 1240. The molecule has 2 aromatic carbocycles. The Hall–Kier alpha value is -3.88. The summed E-state index contributed by atoms with van der Waals surface area (Å²) >= 11 is 0. The Morgan fingerprint density at radius 3 is 2.82 bits per heavy atom. The maximum atomic E-state index is 13.5. The fraction of sp³-hybridized carbons (Fsp3) is 0.360. The van der Waals surface area contributed by atoms with Crippen molar-refractivity contribution in [3.63, 3.8) is 0 Å². The topological polar surface area (TPSA) is 108 Å². The maximum Gasteiger partial charge on any atom is 0.308 e. The second-order valence-corrected chi connectivity index (χ2v) is 8.84. The van der Waals surface area contributed by atoms with Crippen LogP contribution in [0.15, 0.2) is 42.5 Å². The highest BCUT2D eigenvalue weighted by molar-refractivity contribution is 5.96. The molecule has 1 aromatic heterocycles. The lowest BCUT2D eigenvalue weighted by Gasteiger charge is -2.24. The van der Waals surface area contributed by atoms with Crippen LogP contribution in [-0.2, 0) is 20.9 Å². The SMILES string of the molecule is COC(=O)C[C@@H]1Nc2ccc(C(=O)N3CCC[C@@H]3c3nc4ccccc4[nH]3)cc2CN(C)C1=O. The van der Waals surface area contributed by atoms with Crippen molar-refractivity contribution < 1.29 is 19.1 Å². The number of carbonyl (C=O) groups is 3. The molecule has 0 bridgehead atoms. The lowest BCUT2D eigenvalue weighted by Crippen LogP contribution is -2.39. The molecule has 0 saturated carbocycles. The van der Waals surface area contributed by atoms with E-state index in [0.29, 0.717) is 18.7 Å². The Balaban J connectivity index is 1.40.